The number of rotatable bonds is 6. The zero-order valence-electron chi connectivity index (χ0n) is 18.2. The Balaban J connectivity index is 1.36. The fraction of sp³-hybridized carbons (Fsp3) is 0.360. The van der Waals surface area contributed by atoms with Crippen molar-refractivity contribution >= 4 is 22.5 Å². The Morgan fingerprint density at radius 1 is 1.28 bits per heavy atom. The average Bonchev–Trinajstić information content (AvgIpc) is 3.21. The Hall–Kier alpha value is -3.19. The normalized spacial score (nSPS) is 17.1. The molecule has 2 N–H and O–H groups in total. The number of fused-ring (bicyclic) bond motifs is 1. The van der Waals surface area contributed by atoms with Gasteiger partial charge in [-0.15, -0.1) is 0 Å². The Labute approximate surface area is 186 Å². The van der Waals surface area contributed by atoms with Gasteiger partial charge in [-0.05, 0) is 67.2 Å². The van der Waals surface area contributed by atoms with Gasteiger partial charge in [0.25, 0.3) is 0 Å². The molecule has 0 bridgehead atoms. The largest absolute Gasteiger partial charge is 0.496 e. The molecule has 3 aromatic rings. The summed E-state index contributed by atoms with van der Waals surface area (Å²) in [6.45, 7) is 2.01. The molecule has 2 aromatic heterocycles. The molecule has 0 radical (unpaired) electrons. The number of halogens is 1. The predicted molar refractivity (Wildman–Crippen MR) is 123 cm³/mol. The number of pyridine rings is 1. The quantitative estimate of drug-likeness (QED) is 0.612. The first-order chi connectivity index (χ1) is 15.6. The highest BCUT2D eigenvalue weighted by Gasteiger charge is 2.22. The molecule has 1 saturated carbocycles. The maximum Gasteiger partial charge on any atom is 0.234 e. The highest BCUT2D eigenvalue weighted by molar-refractivity contribution is 5.96. The summed E-state index contributed by atoms with van der Waals surface area (Å²) in [5.74, 6) is 0.433. The fourth-order valence-corrected chi connectivity index (χ4v) is 4.45. The summed E-state index contributed by atoms with van der Waals surface area (Å²) in [6.07, 6.45) is 8.17. The van der Waals surface area contributed by atoms with Gasteiger partial charge in [-0.3, -0.25) is 9.69 Å². The summed E-state index contributed by atoms with van der Waals surface area (Å²) in [5, 5.41) is 4.03. The second kappa shape index (κ2) is 8.74. The Morgan fingerprint density at radius 3 is 2.88 bits per heavy atom. The van der Waals surface area contributed by atoms with Crippen molar-refractivity contribution in [3.05, 3.63) is 54.1 Å². The SMILES string of the molecule is COc1ccc(F)cc1-c1ccnc2[nH]c(C3=CCN(CC(=O)NC4CCC4)CC3)cc12. The number of carbonyl (C=O) groups excluding carboxylic acids is 1. The molecule has 1 aromatic carbocycles. The lowest BCUT2D eigenvalue weighted by molar-refractivity contribution is -0.123. The molecule has 3 heterocycles. The Morgan fingerprint density at radius 2 is 2.16 bits per heavy atom. The number of aromatic nitrogens is 2. The number of ether oxygens (including phenoxy) is 1. The van der Waals surface area contributed by atoms with Crippen molar-refractivity contribution in [3.63, 3.8) is 0 Å². The third kappa shape index (κ3) is 4.12. The van der Waals surface area contributed by atoms with Crippen LogP contribution in [-0.2, 0) is 4.79 Å². The summed E-state index contributed by atoms with van der Waals surface area (Å²) >= 11 is 0. The lowest BCUT2D eigenvalue weighted by Gasteiger charge is -2.29. The van der Waals surface area contributed by atoms with Gasteiger partial charge in [0, 0.05) is 42.0 Å². The molecule has 5 rings (SSSR count). The van der Waals surface area contributed by atoms with E-state index in [1.54, 1.807) is 19.4 Å². The van der Waals surface area contributed by atoms with Crippen molar-refractivity contribution in [2.24, 2.45) is 0 Å². The number of methoxy groups -OCH3 is 1. The minimum absolute atomic E-state index is 0.120. The lowest BCUT2D eigenvalue weighted by Crippen LogP contribution is -2.45. The van der Waals surface area contributed by atoms with Crippen molar-refractivity contribution in [2.75, 3.05) is 26.7 Å². The molecule has 166 valence electrons. The number of nitrogens with one attached hydrogen (secondary N) is 2. The van der Waals surface area contributed by atoms with E-state index in [9.17, 15) is 9.18 Å². The molecule has 1 aliphatic carbocycles. The van der Waals surface area contributed by atoms with Crippen molar-refractivity contribution in [1.29, 1.82) is 0 Å². The summed E-state index contributed by atoms with van der Waals surface area (Å²) in [6, 6.07) is 8.87. The van der Waals surface area contributed by atoms with Gasteiger partial charge >= 0.3 is 0 Å². The first-order valence-electron chi connectivity index (χ1n) is 11.1. The van der Waals surface area contributed by atoms with Crippen LogP contribution in [0.25, 0.3) is 27.7 Å². The highest BCUT2D eigenvalue weighted by atomic mass is 19.1. The number of amides is 1. The molecule has 1 amide bonds. The van der Waals surface area contributed by atoms with Crippen molar-refractivity contribution in [2.45, 2.75) is 31.7 Å². The van der Waals surface area contributed by atoms with Crippen LogP contribution in [0, 0.1) is 5.82 Å². The molecule has 7 heteroatoms. The molecule has 0 spiro atoms. The van der Waals surface area contributed by atoms with E-state index < -0.39 is 0 Å². The van der Waals surface area contributed by atoms with Gasteiger partial charge < -0.3 is 15.0 Å². The van der Waals surface area contributed by atoms with Gasteiger partial charge in [-0.2, -0.15) is 0 Å². The maximum atomic E-state index is 14.0. The van der Waals surface area contributed by atoms with E-state index in [2.05, 4.69) is 32.3 Å². The van der Waals surface area contributed by atoms with E-state index >= 15 is 0 Å². The Bertz CT molecular complexity index is 1180. The van der Waals surface area contributed by atoms with Gasteiger partial charge in [-0.25, -0.2) is 9.37 Å². The number of hydrogen-bond acceptors (Lipinski definition) is 4. The van der Waals surface area contributed by atoms with Crippen LogP contribution in [0.3, 0.4) is 0 Å². The van der Waals surface area contributed by atoms with E-state index in [4.69, 9.17) is 4.74 Å². The third-order valence-corrected chi connectivity index (χ3v) is 6.46. The van der Waals surface area contributed by atoms with Crippen LogP contribution in [-0.4, -0.2) is 53.6 Å². The number of hydrogen-bond donors (Lipinski definition) is 2. The zero-order chi connectivity index (χ0) is 22.1. The van der Waals surface area contributed by atoms with Gasteiger partial charge in [-0.1, -0.05) is 6.08 Å². The number of benzene rings is 1. The number of H-pyrrole nitrogens is 1. The summed E-state index contributed by atoms with van der Waals surface area (Å²) in [7, 11) is 1.59. The molecule has 0 atom stereocenters. The number of carbonyl (C=O) groups is 1. The molecule has 32 heavy (non-hydrogen) atoms. The average molecular weight is 435 g/mol. The van der Waals surface area contributed by atoms with Gasteiger partial charge in [0.05, 0.1) is 13.7 Å². The van der Waals surface area contributed by atoms with E-state index in [0.29, 0.717) is 23.9 Å². The molecular weight excluding hydrogens is 407 g/mol. The van der Waals surface area contributed by atoms with Crippen molar-refractivity contribution in [1.82, 2.24) is 20.2 Å². The zero-order valence-corrected chi connectivity index (χ0v) is 18.2. The van der Waals surface area contributed by atoms with E-state index in [-0.39, 0.29) is 11.7 Å². The second-order valence-electron chi connectivity index (χ2n) is 8.56. The monoisotopic (exact) mass is 434 g/mol. The smallest absolute Gasteiger partial charge is 0.234 e. The van der Waals surface area contributed by atoms with Gasteiger partial charge in [0.1, 0.15) is 17.2 Å². The highest BCUT2D eigenvalue weighted by Crippen LogP contribution is 2.36. The van der Waals surface area contributed by atoms with E-state index in [1.165, 1.54) is 24.1 Å². The minimum atomic E-state index is -0.307. The van der Waals surface area contributed by atoms with Crippen LogP contribution < -0.4 is 10.1 Å². The van der Waals surface area contributed by atoms with Crippen LogP contribution in [0.2, 0.25) is 0 Å². The lowest BCUT2D eigenvalue weighted by atomic mass is 9.93. The van der Waals surface area contributed by atoms with Gasteiger partial charge in [0.2, 0.25) is 5.91 Å². The topological polar surface area (TPSA) is 70.2 Å². The molecule has 1 fully saturated rings. The molecule has 6 nitrogen and oxygen atoms in total. The fourth-order valence-electron chi connectivity index (χ4n) is 4.45. The third-order valence-electron chi connectivity index (χ3n) is 6.46. The minimum Gasteiger partial charge on any atom is -0.496 e. The Kier molecular flexibility index (Phi) is 5.66. The number of nitrogens with zero attached hydrogens (tertiary/aromatic N) is 2. The van der Waals surface area contributed by atoms with Crippen LogP contribution in [0.4, 0.5) is 4.39 Å². The summed E-state index contributed by atoms with van der Waals surface area (Å²) in [4.78, 5) is 22.3. The molecule has 0 unspecified atom stereocenters. The van der Waals surface area contributed by atoms with Gasteiger partial charge in [0.15, 0.2) is 0 Å². The van der Waals surface area contributed by atoms with Crippen LogP contribution >= 0.6 is 0 Å². The van der Waals surface area contributed by atoms with E-state index in [1.807, 2.05) is 6.07 Å². The second-order valence-corrected chi connectivity index (χ2v) is 8.56. The first-order valence-corrected chi connectivity index (χ1v) is 11.1. The maximum absolute atomic E-state index is 14.0. The predicted octanol–water partition coefficient (Wildman–Crippen LogP) is 4.14. The molecule has 2 aliphatic rings. The summed E-state index contributed by atoms with van der Waals surface area (Å²) in [5.41, 5.74) is 4.54. The molecular formula is C25H27FN4O2. The molecule has 1 aliphatic heterocycles. The first kappa shape index (κ1) is 20.7. The van der Waals surface area contributed by atoms with Crippen LogP contribution in [0.5, 0.6) is 5.75 Å². The number of aromatic amines is 1. The molecule has 0 saturated heterocycles. The standard InChI is InChI=1S/C25H27FN4O2/c1-32-23-6-5-17(26)13-20(23)19-7-10-27-25-21(19)14-22(29-25)16-8-11-30(12-9-16)15-24(31)28-18-3-2-4-18/h5-8,10,13-14,18H,2-4,9,11-12,15H2,1H3,(H,27,29)(H,28,31). The summed E-state index contributed by atoms with van der Waals surface area (Å²) < 4.78 is 19.4. The van der Waals surface area contributed by atoms with Crippen molar-refractivity contribution in [3.8, 4) is 16.9 Å². The van der Waals surface area contributed by atoms with Crippen molar-refractivity contribution < 1.29 is 13.9 Å². The van der Waals surface area contributed by atoms with E-state index in [0.717, 1.165) is 54.6 Å². The van der Waals surface area contributed by atoms with Crippen LogP contribution in [0.1, 0.15) is 31.4 Å². The van der Waals surface area contributed by atoms with Crippen LogP contribution in [0.15, 0.2) is 42.6 Å².